The average Bonchev–Trinajstić information content (AvgIpc) is 2.66. The molecule has 1 aromatic rings. The van der Waals surface area contributed by atoms with Gasteiger partial charge in [-0.1, -0.05) is 26.8 Å². The lowest BCUT2D eigenvalue weighted by Gasteiger charge is -2.31. The highest BCUT2D eigenvalue weighted by Crippen LogP contribution is 2.31. The Kier molecular flexibility index (Phi) is 5.83. The maximum absolute atomic E-state index is 14.6. The van der Waals surface area contributed by atoms with E-state index in [9.17, 15) is 9.18 Å². The molecule has 0 fully saturated rings. The zero-order chi connectivity index (χ0) is 21.2. The first kappa shape index (κ1) is 20.7. The number of carbonyl (C=O) groups is 1. The summed E-state index contributed by atoms with van der Waals surface area (Å²) in [7, 11) is 0. The fraction of sp³-hybridized carbons (Fsp3) is 0.381. The third-order valence-electron chi connectivity index (χ3n) is 5.04. The Hall–Kier alpha value is -3.00. The quantitative estimate of drug-likeness (QED) is 0.587. The molecule has 0 saturated carbocycles. The minimum Gasteiger partial charge on any atom is -0.365 e. The predicted octanol–water partition coefficient (Wildman–Crippen LogP) is 2.95. The van der Waals surface area contributed by atoms with Gasteiger partial charge in [-0.2, -0.15) is 0 Å². The van der Waals surface area contributed by atoms with Crippen molar-refractivity contribution in [3.05, 3.63) is 53.1 Å². The largest absolute Gasteiger partial charge is 0.365 e. The number of pyridine rings is 1. The third-order valence-corrected chi connectivity index (χ3v) is 5.04. The fourth-order valence-electron chi connectivity index (χ4n) is 3.25. The summed E-state index contributed by atoms with van der Waals surface area (Å²) < 4.78 is 14.6. The van der Waals surface area contributed by atoms with E-state index in [2.05, 4.69) is 26.7 Å². The van der Waals surface area contributed by atoms with E-state index in [4.69, 9.17) is 11.5 Å². The predicted molar refractivity (Wildman–Crippen MR) is 114 cm³/mol. The van der Waals surface area contributed by atoms with Gasteiger partial charge < -0.3 is 22.1 Å². The van der Waals surface area contributed by atoms with E-state index in [1.54, 1.807) is 6.21 Å². The molecule has 0 saturated heterocycles. The molecule has 6 N–H and O–H groups in total. The van der Waals surface area contributed by atoms with Crippen LogP contribution in [0.2, 0.25) is 0 Å². The molecule has 1 amide bonds. The van der Waals surface area contributed by atoms with Crippen LogP contribution < -0.4 is 22.1 Å². The molecule has 1 aliphatic heterocycles. The maximum atomic E-state index is 14.6. The summed E-state index contributed by atoms with van der Waals surface area (Å²) in [5.41, 5.74) is 12.9. The number of fused-ring (bicyclic) bond motifs is 1. The molecule has 1 aromatic heterocycles. The van der Waals surface area contributed by atoms with Gasteiger partial charge in [-0.05, 0) is 36.1 Å². The number of hydrogen-bond acceptors (Lipinski definition) is 6. The number of amides is 1. The molecule has 154 valence electrons. The second-order valence-electron chi connectivity index (χ2n) is 8.26. The number of nitrogens with two attached hydrogens (primary N) is 2. The van der Waals surface area contributed by atoms with Gasteiger partial charge in [0, 0.05) is 36.1 Å². The van der Waals surface area contributed by atoms with Gasteiger partial charge in [0.1, 0.15) is 5.82 Å². The van der Waals surface area contributed by atoms with Crippen LogP contribution in [0.4, 0.5) is 16.0 Å². The lowest BCUT2D eigenvalue weighted by Crippen LogP contribution is -2.41. The molecule has 1 aliphatic carbocycles. The number of primary amides is 1. The smallest absolute Gasteiger partial charge is 0.252 e. The molecule has 0 radical (unpaired) electrons. The summed E-state index contributed by atoms with van der Waals surface area (Å²) in [6.45, 7) is 6.31. The zero-order valence-electron chi connectivity index (χ0n) is 16.9. The Labute approximate surface area is 169 Å². The molecule has 2 heterocycles. The monoisotopic (exact) mass is 398 g/mol. The van der Waals surface area contributed by atoms with Crippen LogP contribution in [0.3, 0.4) is 0 Å². The number of allylic oxidation sites excluding steroid dienone is 5. The van der Waals surface area contributed by atoms with Gasteiger partial charge in [0.25, 0.3) is 5.91 Å². The van der Waals surface area contributed by atoms with Gasteiger partial charge in [0.05, 0.1) is 5.56 Å². The van der Waals surface area contributed by atoms with Crippen LogP contribution in [0.25, 0.3) is 0 Å². The summed E-state index contributed by atoms with van der Waals surface area (Å²) in [6.07, 6.45) is 10.2. The SMILES string of the molecule is CC(C)(C)[C@H](CN)Nc1nc(NC2=CC=C3N=CC=CC3C2)c(C(N)=O)cc1F. The Balaban J connectivity index is 1.92. The van der Waals surface area contributed by atoms with Gasteiger partial charge in [0.15, 0.2) is 11.6 Å². The van der Waals surface area contributed by atoms with Crippen molar-refractivity contribution in [2.45, 2.75) is 33.2 Å². The molecule has 2 aliphatic rings. The molecular formula is C21H27FN6O. The normalized spacial score (nSPS) is 19.1. The van der Waals surface area contributed by atoms with Crippen molar-refractivity contribution < 1.29 is 9.18 Å². The Morgan fingerprint density at radius 3 is 2.76 bits per heavy atom. The maximum Gasteiger partial charge on any atom is 0.252 e. The van der Waals surface area contributed by atoms with Crippen LogP contribution >= 0.6 is 0 Å². The first-order valence-corrected chi connectivity index (χ1v) is 9.54. The second-order valence-corrected chi connectivity index (χ2v) is 8.26. The van der Waals surface area contributed by atoms with Crippen LogP contribution in [0.1, 0.15) is 37.6 Å². The number of nitrogens with one attached hydrogen (secondary N) is 2. The first-order valence-electron chi connectivity index (χ1n) is 9.54. The van der Waals surface area contributed by atoms with Gasteiger partial charge in [-0.3, -0.25) is 9.79 Å². The number of anilines is 2. The van der Waals surface area contributed by atoms with Crippen molar-refractivity contribution in [3.8, 4) is 0 Å². The molecule has 8 heteroatoms. The Morgan fingerprint density at radius 1 is 1.34 bits per heavy atom. The number of halogens is 1. The molecule has 2 atom stereocenters. The van der Waals surface area contributed by atoms with Crippen LogP contribution in [-0.2, 0) is 0 Å². The zero-order valence-corrected chi connectivity index (χ0v) is 16.9. The summed E-state index contributed by atoms with van der Waals surface area (Å²) in [6, 6.07) is 0.896. The van der Waals surface area contributed by atoms with E-state index in [0.717, 1.165) is 17.5 Å². The number of carbonyl (C=O) groups excluding carboxylic acids is 1. The highest BCUT2D eigenvalue weighted by atomic mass is 19.1. The molecular weight excluding hydrogens is 371 g/mol. The highest BCUT2D eigenvalue weighted by molar-refractivity contribution is 5.98. The number of aliphatic imine (C=N–C) groups is 1. The van der Waals surface area contributed by atoms with Crippen molar-refractivity contribution in [1.82, 2.24) is 4.98 Å². The number of dihydropyridines is 1. The van der Waals surface area contributed by atoms with Crippen LogP contribution in [-0.4, -0.2) is 29.7 Å². The average molecular weight is 398 g/mol. The number of hydrogen-bond donors (Lipinski definition) is 4. The van der Waals surface area contributed by atoms with Gasteiger partial charge in [-0.15, -0.1) is 0 Å². The van der Waals surface area contributed by atoms with E-state index in [1.165, 1.54) is 0 Å². The highest BCUT2D eigenvalue weighted by Gasteiger charge is 2.26. The molecule has 0 spiro atoms. The minimum atomic E-state index is -0.758. The van der Waals surface area contributed by atoms with Gasteiger partial charge >= 0.3 is 0 Å². The summed E-state index contributed by atoms with van der Waals surface area (Å²) in [5, 5.41) is 6.20. The van der Waals surface area contributed by atoms with E-state index >= 15 is 0 Å². The fourth-order valence-corrected chi connectivity index (χ4v) is 3.25. The second kappa shape index (κ2) is 8.16. The van der Waals surface area contributed by atoms with Crippen molar-refractivity contribution in [2.24, 2.45) is 27.8 Å². The summed E-state index contributed by atoms with van der Waals surface area (Å²) in [4.78, 5) is 20.5. The number of nitrogens with zero attached hydrogens (tertiary/aromatic N) is 2. The van der Waals surface area contributed by atoms with Gasteiger partial charge in [-0.25, -0.2) is 9.37 Å². The van der Waals surface area contributed by atoms with Crippen molar-refractivity contribution in [2.75, 3.05) is 17.2 Å². The van der Waals surface area contributed by atoms with Crippen LogP contribution in [0, 0.1) is 17.2 Å². The third kappa shape index (κ3) is 4.71. The van der Waals surface area contributed by atoms with Crippen molar-refractivity contribution >= 4 is 23.8 Å². The summed E-state index contributed by atoms with van der Waals surface area (Å²) in [5.74, 6) is -1.04. The Bertz CT molecular complexity index is 926. The lowest BCUT2D eigenvalue weighted by atomic mass is 9.87. The number of rotatable bonds is 6. The first-order chi connectivity index (χ1) is 13.7. The van der Waals surface area contributed by atoms with Crippen molar-refractivity contribution in [1.29, 1.82) is 0 Å². The standard InChI is InChI=1S/C21H27FN6O/c1-21(2,3)17(11-23)27-20-15(22)10-14(18(24)29)19(28-20)26-13-6-7-16-12(9-13)5-4-8-25-16/h4-8,10,12,17H,9,11,23H2,1-3H3,(H2,24,29)(H2,26,27,28)/t12?,17-/m0/s1. The molecule has 0 bridgehead atoms. The Morgan fingerprint density at radius 2 is 2.10 bits per heavy atom. The molecule has 3 rings (SSSR count). The number of aromatic nitrogens is 1. The van der Waals surface area contributed by atoms with Gasteiger partial charge in [0.2, 0.25) is 0 Å². The van der Waals surface area contributed by atoms with Crippen molar-refractivity contribution in [3.63, 3.8) is 0 Å². The minimum absolute atomic E-state index is 0.0130. The van der Waals surface area contributed by atoms with E-state index in [0.29, 0.717) is 13.0 Å². The summed E-state index contributed by atoms with van der Waals surface area (Å²) >= 11 is 0. The van der Waals surface area contributed by atoms with E-state index < -0.39 is 11.7 Å². The van der Waals surface area contributed by atoms with E-state index in [-0.39, 0.29) is 34.6 Å². The van der Waals surface area contributed by atoms with Crippen LogP contribution in [0.15, 0.2) is 46.8 Å². The molecule has 0 aromatic carbocycles. The van der Waals surface area contributed by atoms with Crippen LogP contribution in [0.5, 0.6) is 0 Å². The molecule has 29 heavy (non-hydrogen) atoms. The molecule has 1 unspecified atom stereocenters. The lowest BCUT2D eigenvalue weighted by molar-refractivity contribution is 0.100. The topological polar surface area (TPSA) is 118 Å². The molecule has 7 nitrogen and oxygen atoms in total. The van der Waals surface area contributed by atoms with E-state index in [1.807, 2.05) is 39.0 Å².